The van der Waals surface area contributed by atoms with Gasteiger partial charge in [0.25, 0.3) is 0 Å². The Bertz CT molecular complexity index is 456. The number of alkyl halides is 3. The first-order valence-electron chi connectivity index (χ1n) is 7.01. The van der Waals surface area contributed by atoms with Crippen LogP contribution in [0.3, 0.4) is 0 Å². The first-order chi connectivity index (χ1) is 9.70. The zero-order valence-corrected chi connectivity index (χ0v) is 14.2. The number of alkyl carbamates (subject to hydrolysis) is 1. The van der Waals surface area contributed by atoms with Crippen molar-refractivity contribution >= 4 is 15.8 Å². The molecule has 2 atom stereocenters. The van der Waals surface area contributed by atoms with Gasteiger partial charge >= 0.3 is 12.3 Å². The summed E-state index contributed by atoms with van der Waals surface area (Å²) in [6, 6.07) is -0.372. The van der Waals surface area contributed by atoms with E-state index < -0.39 is 34.0 Å². The number of ether oxygens (including phenoxy) is 1. The summed E-state index contributed by atoms with van der Waals surface area (Å²) in [7, 11) is -3.06. The third-order valence-electron chi connectivity index (χ3n) is 2.58. The molecular formula is C13H25F3N2O3S. The molecule has 9 heteroatoms. The van der Waals surface area contributed by atoms with Crippen molar-refractivity contribution in [3.05, 3.63) is 0 Å². The molecule has 0 saturated heterocycles. The fourth-order valence-electron chi connectivity index (χ4n) is 1.56. The Morgan fingerprint density at radius 2 is 1.82 bits per heavy atom. The number of halogens is 3. The lowest BCUT2D eigenvalue weighted by atomic mass is 10.2. The highest BCUT2D eigenvalue weighted by Gasteiger charge is 2.27. The molecule has 0 aromatic carbocycles. The van der Waals surface area contributed by atoms with Crippen LogP contribution in [0.25, 0.3) is 0 Å². The molecule has 2 unspecified atom stereocenters. The highest BCUT2D eigenvalue weighted by atomic mass is 32.2. The summed E-state index contributed by atoms with van der Waals surface area (Å²) in [6.45, 7) is 6.81. The van der Waals surface area contributed by atoms with Crippen LogP contribution >= 0.6 is 0 Å². The van der Waals surface area contributed by atoms with Gasteiger partial charge in [0.1, 0.15) is 5.60 Å². The Balaban J connectivity index is 4.12. The Morgan fingerprint density at radius 1 is 1.27 bits per heavy atom. The summed E-state index contributed by atoms with van der Waals surface area (Å²) in [5.74, 6) is -0.340. The largest absolute Gasteiger partial charge is 0.444 e. The van der Waals surface area contributed by atoms with Gasteiger partial charge < -0.3 is 10.1 Å². The van der Waals surface area contributed by atoms with Gasteiger partial charge in [0.15, 0.2) is 0 Å². The van der Waals surface area contributed by atoms with E-state index in [1.807, 2.05) is 0 Å². The molecule has 0 spiro atoms. The molecule has 0 saturated carbocycles. The van der Waals surface area contributed by atoms with Crippen LogP contribution in [0, 0.1) is 4.78 Å². The number of carbonyl (C=O) groups is 1. The topological polar surface area (TPSA) is 79.3 Å². The van der Waals surface area contributed by atoms with Crippen LogP contribution < -0.4 is 5.32 Å². The van der Waals surface area contributed by atoms with Crippen molar-refractivity contribution in [1.29, 1.82) is 4.78 Å². The second kappa shape index (κ2) is 8.03. The van der Waals surface area contributed by atoms with Gasteiger partial charge in [-0.05, 0) is 40.5 Å². The minimum Gasteiger partial charge on any atom is -0.444 e. The summed E-state index contributed by atoms with van der Waals surface area (Å²) in [5, 5.41) is 2.54. The van der Waals surface area contributed by atoms with Crippen molar-refractivity contribution in [2.24, 2.45) is 0 Å². The number of carbonyl (C=O) groups excluding carboxylic acids is 1. The van der Waals surface area contributed by atoms with E-state index in [-0.39, 0.29) is 30.4 Å². The van der Waals surface area contributed by atoms with Crippen LogP contribution in [0.4, 0.5) is 18.0 Å². The van der Waals surface area contributed by atoms with Gasteiger partial charge in [-0.3, -0.25) is 4.78 Å². The summed E-state index contributed by atoms with van der Waals surface area (Å²) < 4.78 is 60.5. The Kier molecular flexibility index (Phi) is 7.67. The predicted molar refractivity (Wildman–Crippen MR) is 79.3 cm³/mol. The lowest BCUT2D eigenvalue weighted by Gasteiger charge is -2.22. The minimum atomic E-state index is -4.29. The van der Waals surface area contributed by atoms with Crippen LogP contribution in [0.2, 0.25) is 0 Å². The summed E-state index contributed by atoms with van der Waals surface area (Å²) in [4.78, 5) is 11.5. The first kappa shape index (κ1) is 21.0. The molecule has 0 rings (SSSR count). The minimum absolute atomic E-state index is 0.0537. The van der Waals surface area contributed by atoms with E-state index >= 15 is 0 Å². The third-order valence-corrected chi connectivity index (χ3v) is 4.42. The molecule has 22 heavy (non-hydrogen) atoms. The monoisotopic (exact) mass is 346 g/mol. The van der Waals surface area contributed by atoms with Crippen molar-refractivity contribution in [3.8, 4) is 0 Å². The standard InChI is InChI=1S/C13H25F3N2O3S/c1-10(18-11(19)21-12(2,3)4)6-9-22(17,20)8-5-7-13(14,15)16/h10,17H,5-9H2,1-4H3,(H,18,19). The van der Waals surface area contributed by atoms with Crippen LogP contribution in [0.15, 0.2) is 0 Å². The lowest BCUT2D eigenvalue weighted by Crippen LogP contribution is -2.38. The number of rotatable bonds is 7. The summed E-state index contributed by atoms with van der Waals surface area (Å²) in [6.07, 6.45) is -6.02. The molecule has 0 radical (unpaired) electrons. The molecule has 2 N–H and O–H groups in total. The average Bonchev–Trinajstić information content (AvgIpc) is 2.21. The van der Waals surface area contributed by atoms with E-state index in [1.54, 1.807) is 27.7 Å². The highest BCUT2D eigenvalue weighted by molar-refractivity contribution is 7.92. The fraction of sp³-hybridized carbons (Fsp3) is 0.923. The number of hydrogen-bond donors (Lipinski definition) is 2. The van der Waals surface area contributed by atoms with Crippen LogP contribution in [0.1, 0.15) is 47.0 Å². The van der Waals surface area contributed by atoms with E-state index in [0.717, 1.165) is 0 Å². The molecular weight excluding hydrogens is 321 g/mol. The van der Waals surface area contributed by atoms with E-state index in [9.17, 15) is 22.2 Å². The van der Waals surface area contributed by atoms with E-state index in [0.29, 0.717) is 0 Å². The maximum absolute atomic E-state index is 12.0. The number of nitrogens with one attached hydrogen (secondary N) is 2. The molecule has 0 aliphatic carbocycles. The fourth-order valence-corrected chi connectivity index (χ4v) is 3.10. The molecule has 0 aliphatic heterocycles. The summed E-state index contributed by atoms with van der Waals surface area (Å²) in [5.41, 5.74) is -0.635. The van der Waals surface area contributed by atoms with Gasteiger partial charge in [-0.25, -0.2) is 9.00 Å². The van der Waals surface area contributed by atoms with Gasteiger partial charge in [0.2, 0.25) is 0 Å². The van der Waals surface area contributed by atoms with E-state index in [4.69, 9.17) is 9.52 Å². The van der Waals surface area contributed by atoms with Crippen molar-refractivity contribution in [2.45, 2.75) is 64.8 Å². The normalized spacial score (nSPS) is 16.7. The Hall–Kier alpha value is -0.990. The van der Waals surface area contributed by atoms with Crippen molar-refractivity contribution in [2.75, 3.05) is 11.5 Å². The summed E-state index contributed by atoms with van der Waals surface area (Å²) >= 11 is 0. The third kappa shape index (κ3) is 12.7. The van der Waals surface area contributed by atoms with Crippen LogP contribution in [-0.4, -0.2) is 39.6 Å². The average molecular weight is 346 g/mol. The predicted octanol–water partition coefficient (Wildman–Crippen LogP) is 3.68. The van der Waals surface area contributed by atoms with Gasteiger partial charge in [-0.1, -0.05) is 0 Å². The zero-order valence-electron chi connectivity index (χ0n) is 13.4. The van der Waals surface area contributed by atoms with Crippen LogP contribution in [0.5, 0.6) is 0 Å². The molecule has 1 amide bonds. The van der Waals surface area contributed by atoms with Crippen molar-refractivity contribution in [1.82, 2.24) is 5.32 Å². The molecule has 132 valence electrons. The quantitative estimate of drug-likeness (QED) is 0.738. The van der Waals surface area contributed by atoms with Gasteiger partial charge in [0, 0.05) is 33.7 Å². The maximum Gasteiger partial charge on any atom is 0.407 e. The molecule has 0 heterocycles. The van der Waals surface area contributed by atoms with Crippen molar-refractivity contribution < 1.29 is 26.9 Å². The molecule has 0 aromatic heterocycles. The van der Waals surface area contributed by atoms with E-state index in [1.165, 1.54) is 0 Å². The first-order valence-corrected chi connectivity index (χ1v) is 8.90. The van der Waals surface area contributed by atoms with E-state index in [2.05, 4.69) is 5.32 Å². The van der Waals surface area contributed by atoms with Gasteiger partial charge in [0.05, 0.1) is 0 Å². The Labute approximate surface area is 130 Å². The number of hydrogen-bond acceptors (Lipinski definition) is 4. The van der Waals surface area contributed by atoms with Gasteiger partial charge in [-0.2, -0.15) is 13.2 Å². The maximum atomic E-state index is 12.0. The second-order valence-corrected chi connectivity index (χ2v) is 8.71. The molecule has 5 nitrogen and oxygen atoms in total. The molecule has 0 bridgehead atoms. The Morgan fingerprint density at radius 3 is 2.27 bits per heavy atom. The van der Waals surface area contributed by atoms with Crippen LogP contribution in [-0.2, 0) is 14.5 Å². The SMILES string of the molecule is CC(CCS(=N)(=O)CCCC(F)(F)F)NC(=O)OC(C)(C)C. The highest BCUT2D eigenvalue weighted by Crippen LogP contribution is 2.21. The second-order valence-electron chi connectivity index (χ2n) is 6.27. The number of amides is 1. The zero-order chi connectivity index (χ0) is 17.6. The molecule has 0 aromatic rings. The molecule has 0 aliphatic rings. The molecule has 0 fully saturated rings. The van der Waals surface area contributed by atoms with Gasteiger partial charge in [-0.15, -0.1) is 0 Å². The lowest BCUT2D eigenvalue weighted by molar-refractivity contribution is -0.134. The van der Waals surface area contributed by atoms with Crippen molar-refractivity contribution in [3.63, 3.8) is 0 Å². The smallest absolute Gasteiger partial charge is 0.407 e.